The van der Waals surface area contributed by atoms with Gasteiger partial charge in [-0.25, -0.2) is 14.8 Å². The van der Waals surface area contributed by atoms with Gasteiger partial charge in [-0.15, -0.1) is 0 Å². The predicted molar refractivity (Wildman–Crippen MR) is 165 cm³/mol. The third kappa shape index (κ3) is 8.24. The van der Waals surface area contributed by atoms with Crippen molar-refractivity contribution in [2.24, 2.45) is 0 Å². The van der Waals surface area contributed by atoms with E-state index in [9.17, 15) is 19.5 Å². The van der Waals surface area contributed by atoms with Crippen LogP contribution in [0.15, 0.2) is 79.1 Å². The van der Waals surface area contributed by atoms with Gasteiger partial charge in [0.2, 0.25) is 11.8 Å². The van der Waals surface area contributed by atoms with Gasteiger partial charge in [-0.3, -0.25) is 9.59 Å². The Morgan fingerprint density at radius 1 is 0.864 bits per heavy atom. The summed E-state index contributed by atoms with van der Waals surface area (Å²) in [6.45, 7) is 0. The van der Waals surface area contributed by atoms with E-state index >= 15 is 0 Å². The molecule has 0 aliphatic heterocycles. The summed E-state index contributed by atoms with van der Waals surface area (Å²) in [5, 5.41) is 15.4. The van der Waals surface area contributed by atoms with E-state index in [1.807, 2.05) is 12.1 Å². The van der Waals surface area contributed by atoms with Crippen molar-refractivity contribution in [2.75, 3.05) is 5.32 Å². The largest absolute Gasteiger partial charge is 0.490 e. The topological polar surface area (TPSA) is 140 Å². The smallest absolute Gasteiger partial charge is 0.337 e. The predicted octanol–water partition coefficient (Wildman–Crippen LogP) is 6.58. The number of para-hydroxylation sites is 1. The lowest BCUT2D eigenvalue weighted by atomic mass is 9.92. The Kier molecular flexibility index (Phi) is 9.93. The fourth-order valence-electron chi connectivity index (χ4n) is 4.80. The van der Waals surface area contributed by atoms with E-state index in [2.05, 4.69) is 20.6 Å². The number of aromatic nitrogens is 2. The molecule has 1 aliphatic rings. The zero-order chi connectivity index (χ0) is 31.1. The molecule has 0 bridgehead atoms. The Balaban J connectivity index is 1.06. The van der Waals surface area contributed by atoms with Crippen molar-refractivity contribution >= 4 is 46.7 Å². The number of carbonyl (C=O) groups is 3. The van der Waals surface area contributed by atoms with Gasteiger partial charge in [0.05, 0.1) is 34.4 Å². The van der Waals surface area contributed by atoms with Gasteiger partial charge in [-0.05, 0) is 73.7 Å². The molecule has 3 N–H and O–H groups in total. The summed E-state index contributed by atoms with van der Waals surface area (Å²) in [4.78, 5) is 44.6. The highest BCUT2D eigenvalue weighted by Crippen LogP contribution is 2.28. The molecule has 2 heterocycles. The number of carboxylic acids is 1. The number of hydrogen-bond donors (Lipinski definition) is 3. The summed E-state index contributed by atoms with van der Waals surface area (Å²) in [6.07, 6.45) is 6.08. The highest BCUT2D eigenvalue weighted by atomic mass is 35.5. The summed E-state index contributed by atoms with van der Waals surface area (Å²) in [5.41, 5.74) is 1.16. The van der Waals surface area contributed by atoms with Crippen LogP contribution in [0.1, 0.15) is 52.0 Å². The Hall–Kier alpha value is -4.67. The van der Waals surface area contributed by atoms with Gasteiger partial charge in [0.25, 0.3) is 5.91 Å². The number of nitrogens with zero attached hydrogens (tertiary/aromatic N) is 2. The minimum Gasteiger partial charge on any atom is -0.490 e. The molecule has 1 aliphatic carbocycles. The maximum absolute atomic E-state index is 12.6. The zero-order valence-corrected chi connectivity index (χ0v) is 24.8. The Morgan fingerprint density at radius 3 is 2.30 bits per heavy atom. The molecule has 0 saturated heterocycles. The SMILES string of the molecule is O=C(Cc1ccc(Oc2ccc(OC3CCC(NC(=O)c4cc(Cl)cnc4Cl)CC3)cc2)nc1)Nc1ccccc1C(=O)O. The molecule has 4 aromatic rings. The molecule has 5 rings (SSSR count). The summed E-state index contributed by atoms with van der Waals surface area (Å²) in [5.74, 6) is -0.133. The average Bonchev–Trinajstić information content (AvgIpc) is 3.01. The van der Waals surface area contributed by atoms with Crippen LogP contribution in [0.25, 0.3) is 0 Å². The highest BCUT2D eigenvalue weighted by molar-refractivity contribution is 6.34. The van der Waals surface area contributed by atoms with Crippen LogP contribution in [0.5, 0.6) is 17.4 Å². The molecule has 2 aromatic carbocycles. The first-order chi connectivity index (χ1) is 21.2. The van der Waals surface area contributed by atoms with Crippen LogP contribution in [-0.2, 0) is 11.2 Å². The Morgan fingerprint density at radius 2 is 1.59 bits per heavy atom. The second-order valence-corrected chi connectivity index (χ2v) is 11.0. The molecule has 1 fully saturated rings. The molecule has 44 heavy (non-hydrogen) atoms. The van der Waals surface area contributed by atoms with Crippen molar-refractivity contribution in [1.82, 2.24) is 15.3 Å². The van der Waals surface area contributed by atoms with Crippen LogP contribution in [0.4, 0.5) is 5.69 Å². The average molecular weight is 636 g/mol. The van der Waals surface area contributed by atoms with Crippen LogP contribution in [0.2, 0.25) is 10.2 Å². The normalized spacial score (nSPS) is 16.0. The van der Waals surface area contributed by atoms with E-state index in [-0.39, 0.29) is 52.3 Å². The minimum atomic E-state index is -1.12. The van der Waals surface area contributed by atoms with Crippen LogP contribution in [0.3, 0.4) is 0 Å². The quantitative estimate of drug-likeness (QED) is 0.166. The second kappa shape index (κ2) is 14.2. The molecule has 0 spiro atoms. The van der Waals surface area contributed by atoms with Gasteiger partial charge in [0, 0.05) is 24.5 Å². The van der Waals surface area contributed by atoms with Crippen LogP contribution >= 0.6 is 23.2 Å². The molecule has 12 heteroatoms. The fraction of sp³-hybridized carbons (Fsp3) is 0.219. The van der Waals surface area contributed by atoms with E-state index in [0.717, 1.165) is 25.7 Å². The van der Waals surface area contributed by atoms with Crippen LogP contribution in [0, 0.1) is 0 Å². The standard InChI is InChI=1S/C32H28Cl2N4O6/c33-20-16-26(30(34)36-18-20)31(40)37-21-6-8-22(9-7-21)43-23-10-12-24(13-11-23)44-29-14-5-19(17-35-29)15-28(39)38-27-4-2-1-3-25(27)32(41)42/h1-5,10-14,16-18,21-22H,6-9,15H2,(H,37,40)(H,38,39)(H,41,42). The van der Waals surface area contributed by atoms with E-state index in [4.69, 9.17) is 32.7 Å². The number of carbonyl (C=O) groups excluding carboxylic acids is 2. The third-order valence-electron chi connectivity index (χ3n) is 7.00. The Bertz CT molecular complexity index is 1640. The van der Waals surface area contributed by atoms with E-state index in [0.29, 0.717) is 28.0 Å². The lowest BCUT2D eigenvalue weighted by molar-refractivity contribution is -0.115. The number of rotatable bonds is 10. The van der Waals surface area contributed by atoms with E-state index in [1.54, 1.807) is 42.5 Å². The molecule has 10 nitrogen and oxygen atoms in total. The Labute approximate surface area is 263 Å². The lowest BCUT2D eigenvalue weighted by Crippen LogP contribution is -2.39. The van der Waals surface area contributed by atoms with Crippen molar-refractivity contribution in [3.63, 3.8) is 0 Å². The molecule has 1 saturated carbocycles. The first-order valence-electron chi connectivity index (χ1n) is 13.9. The molecule has 0 atom stereocenters. The van der Waals surface area contributed by atoms with Gasteiger partial charge in [-0.2, -0.15) is 0 Å². The van der Waals surface area contributed by atoms with Crippen molar-refractivity contribution < 1.29 is 29.0 Å². The summed E-state index contributed by atoms with van der Waals surface area (Å²) in [7, 11) is 0. The van der Waals surface area contributed by atoms with Crippen molar-refractivity contribution in [3.05, 3.63) is 106 Å². The number of ether oxygens (including phenoxy) is 2. The van der Waals surface area contributed by atoms with Gasteiger partial charge < -0.3 is 25.2 Å². The van der Waals surface area contributed by atoms with Gasteiger partial charge in [0.1, 0.15) is 16.7 Å². The fourth-order valence-corrected chi connectivity index (χ4v) is 5.15. The molecule has 2 aromatic heterocycles. The molecule has 0 radical (unpaired) electrons. The number of hydrogen-bond acceptors (Lipinski definition) is 7. The van der Waals surface area contributed by atoms with Crippen LogP contribution in [-0.4, -0.2) is 45.0 Å². The summed E-state index contributed by atoms with van der Waals surface area (Å²) >= 11 is 12.0. The first-order valence-corrected chi connectivity index (χ1v) is 14.6. The lowest BCUT2D eigenvalue weighted by Gasteiger charge is -2.29. The number of carboxylic acid groups (broad SMARTS) is 1. The van der Waals surface area contributed by atoms with Gasteiger partial charge in [0.15, 0.2) is 0 Å². The van der Waals surface area contributed by atoms with E-state index < -0.39 is 5.97 Å². The van der Waals surface area contributed by atoms with Crippen molar-refractivity contribution in [2.45, 2.75) is 44.2 Å². The number of halogens is 2. The number of aromatic carboxylic acids is 1. The monoisotopic (exact) mass is 634 g/mol. The number of amides is 2. The van der Waals surface area contributed by atoms with Gasteiger partial charge in [-0.1, -0.05) is 41.4 Å². The first kappa shape index (κ1) is 30.8. The third-order valence-corrected chi connectivity index (χ3v) is 7.51. The number of anilines is 1. The number of benzene rings is 2. The molecule has 226 valence electrons. The summed E-state index contributed by atoms with van der Waals surface area (Å²) < 4.78 is 12.0. The second-order valence-electron chi connectivity index (χ2n) is 10.2. The highest BCUT2D eigenvalue weighted by Gasteiger charge is 2.25. The van der Waals surface area contributed by atoms with Gasteiger partial charge >= 0.3 is 5.97 Å². The van der Waals surface area contributed by atoms with Crippen molar-refractivity contribution in [1.29, 1.82) is 0 Å². The van der Waals surface area contributed by atoms with E-state index in [1.165, 1.54) is 24.5 Å². The number of nitrogens with one attached hydrogen (secondary N) is 2. The number of pyridine rings is 2. The zero-order valence-electron chi connectivity index (χ0n) is 23.3. The molecular weight excluding hydrogens is 607 g/mol. The molecule has 2 amide bonds. The van der Waals surface area contributed by atoms with Crippen molar-refractivity contribution in [3.8, 4) is 17.4 Å². The molecular formula is C32H28Cl2N4O6. The summed E-state index contributed by atoms with van der Waals surface area (Å²) in [6, 6.07) is 18.3. The minimum absolute atomic E-state index is 0.00935. The van der Waals surface area contributed by atoms with Crippen LogP contribution < -0.4 is 20.1 Å². The molecule has 0 unspecified atom stereocenters. The maximum Gasteiger partial charge on any atom is 0.337 e. The maximum atomic E-state index is 12.6.